The molecule has 0 aromatic heterocycles. The number of anilines is 1. The minimum absolute atomic E-state index is 0.112. The molecule has 2 aromatic carbocycles. The number of benzene rings is 2. The van der Waals surface area contributed by atoms with E-state index in [0.717, 1.165) is 11.6 Å². The summed E-state index contributed by atoms with van der Waals surface area (Å²) in [5.74, 6) is -0.717. The molecule has 3 rings (SSSR count). The van der Waals surface area contributed by atoms with Gasteiger partial charge in [0.2, 0.25) is 11.9 Å². The second kappa shape index (κ2) is 9.16. The van der Waals surface area contributed by atoms with Gasteiger partial charge in [-0.15, -0.1) is 0 Å². The van der Waals surface area contributed by atoms with Crippen molar-refractivity contribution in [3.63, 3.8) is 0 Å². The van der Waals surface area contributed by atoms with Crippen LogP contribution in [0.5, 0.6) is 5.75 Å². The lowest BCUT2D eigenvalue weighted by Gasteiger charge is -2.07. The molecule has 29 heavy (non-hydrogen) atoms. The number of ether oxygens (including phenoxy) is 1. The number of nitrogens with one attached hydrogen (secondary N) is 3. The first-order chi connectivity index (χ1) is 14.0. The van der Waals surface area contributed by atoms with Crippen LogP contribution in [0.3, 0.4) is 0 Å². The van der Waals surface area contributed by atoms with Gasteiger partial charge in [0.1, 0.15) is 17.6 Å². The molecular formula is C19H17ClFN5O3. The molecular weight excluding hydrogens is 401 g/mol. The van der Waals surface area contributed by atoms with E-state index in [0.29, 0.717) is 11.4 Å². The monoisotopic (exact) mass is 417 g/mol. The first kappa shape index (κ1) is 20.3. The Morgan fingerprint density at radius 2 is 2.17 bits per heavy atom. The molecule has 1 aliphatic rings. The highest BCUT2D eigenvalue weighted by Gasteiger charge is 2.28. The van der Waals surface area contributed by atoms with Crippen LogP contribution < -0.4 is 20.8 Å². The number of aliphatic imine (C=N–C) groups is 1. The molecule has 2 aromatic rings. The highest BCUT2D eigenvalue weighted by molar-refractivity contribution is 6.31. The van der Waals surface area contributed by atoms with E-state index in [1.165, 1.54) is 18.3 Å². The van der Waals surface area contributed by atoms with Crippen molar-refractivity contribution in [3.8, 4) is 5.75 Å². The SMILES string of the molecule is COc1ccccc1/C=N\NC1=N[C@@H](CC(=O)Nc2ccc(F)c(Cl)c2)C(=O)N1. The van der Waals surface area contributed by atoms with E-state index >= 15 is 0 Å². The average Bonchev–Trinajstić information content (AvgIpc) is 3.04. The van der Waals surface area contributed by atoms with Crippen molar-refractivity contribution in [2.24, 2.45) is 10.1 Å². The van der Waals surface area contributed by atoms with E-state index in [9.17, 15) is 14.0 Å². The molecule has 0 unspecified atom stereocenters. The number of guanidine groups is 1. The standard InChI is InChI=1S/C19H17ClFN5O3/c1-29-16-5-3-2-4-11(16)10-22-26-19-24-15(18(28)25-19)9-17(27)23-12-6-7-14(21)13(20)8-12/h2-8,10,15H,9H2,1H3,(H,23,27)(H2,24,25,26,28)/b22-10-/t15-/m0/s1. The first-order valence-corrected chi connectivity index (χ1v) is 8.89. The normalized spacial score (nSPS) is 15.8. The molecule has 150 valence electrons. The van der Waals surface area contributed by atoms with Crippen molar-refractivity contribution in [1.29, 1.82) is 0 Å². The Morgan fingerprint density at radius 3 is 2.93 bits per heavy atom. The topological polar surface area (TPSA) is 104 Å². The summed E-state index contributed by atoms with van der Waals surface area (Å²) in [5.41, 5.74) is 3.68. The molecule has 1 aliphatic heterocycles. The molecule has 10 heteroatoms. The Bertz CT molecular complexity index is 996. The Balaban J connectivity index is 1.57. The van der Waals surface area contributed by atoms with Gasteiger partial charge in [-0.1, -0.05) is 23.7 Å². The van der Waals surface area contributed by atoms with Crippen molar-refractivity contribution < 1.29 is 18.7 Å². The molecule has 0 bridgehead atoms. The second-order valence-electron chi connectivity index (χ2n) is 5.98. The molecule has 0 saturated heterocycles. The van der Waals surface area contributed by atoms with Crippen molar-refractivity contribution in [1.82, 2.24) is 10.7 Å². The molecule has 8 nitrogen and oxygen atoms in total. The predicted octanol–water partition coefficient (Wildman–Crippen LogP) is 2.29. The zero-order valence-electron chi connectivity index (χ0n) is 15.3. The fraction of sp³-hybridized carbons (Fsp3) is 0.158. The van der Waals surface area contributed by atoms with Crippen molar-refractivity contribution in [2.75, 3.05) is 12.4 Å². The van der Waals surface area contributed by atoms with Crippen molar-refractivity contribution in [2.45, 2.75) is 12.5 Å². The lowest BCUT2D eigenvalue weighted by atomic mass is 10.2. The minimum atomic E-state index is -0.908. The number of nitrogens with zero attached hydrogens (tertiary/aromatic N) is 2. The second-order valence-corrected chi connectivity index (χ2v) is 6.38. The summed E-state index contributed by atoms with van der Waals surface area (Å²) in [4.78, 5) is 28.3. The Labute approximate surface area is 170 Å². The van der Waals surface area contributed by atoms with E-state index in [1.54, 1.807) is 13.2 Å². The number of carbonyl (C=O) groups excluding carboxylic acids is 2. The summed E-state index contributed by atoms with van der Waals surface area (Å²) in [6.45, 7) is 0. The lowest BCUT2D eigenvalue weighted by Crippen LogP contribution is -2.35. The van der Waals surface area contributed by atoms with Gasteiger partial charge in [-0.05, 0) is 30.3 Å². The zero-order chi connectivity index (χ0) is 20.8. The fourth-order valence-electron chi connectivity index (χ4n) is 2.54. The predicted molar refractivity (Wildman–Crippen MR) is 108 cm³/mol. The summed E-state index contributed by atoms with van der Waals surface area (Å²) in [5, 5.41) is 8.96. The molecule has 0 radical (unpaired) electrons. The van der Waals surface area contributed by atoms with Gasteiger partial charge in [-0.3, -0.25) is 14.9 Å². The quantitative estimate of drug-likeness (QED) is 0.495. The smallest absolute Gasteiger partial charge is 0.252 e. The molecule has 0 saturated carbocycles. The third kappa shape index (κ3) is 5.29. The summed E-state index contributed by atoms with van der Waals surface area (Å²) >= 11 is 5.68. The lowest BCUT2D eigenvalue weighted by molar-refractivity contribution is -0.123. The van der Waals surface area contributed by atoms with Crippen LogP contribution in [0.4, 0.5) is 10.1 Å². The third-order valence-corrected chi connectivity index (χ3v) is 4.21. The Kier molecular flexibility index (Phi) is 6.40. The third-order valence-electron chi connectivity index (χ3n) is 3.92. The van der Waals surface area contributed by atoms with E-state index < -0.39 is 23.7 Å². The van der Waals surface area contributed by atoms with Crippen LogP contribution in [0, 0.1) is 5.82 Å². The van der Waals surface area contributed by atoms with Crippen LogP contribution >= 0.6 is 11.6 Å². The maximum Gasteiger partial charge on any atom is 0.252 e. The van der Waals surface area contributed by atoms with Crippen LogP contribution in [-0.2, 0) is 9.59 Å². The maximum absolute atomic E-state index is 13.2. The number of hydrazone groups is 1. The van der Waals surface area contributed by atoms with Gasteiger partial charge < -0.3 is 10.1 Å². The van der Waals surface area contributed by atoms with Gasteiger partial charge in [0, 0.05) is 11.3 Å². The van der Waals surface area contributed by atoms with Crippen molar-refractivity contribution >= 4 is 41.3 Å². The molecule has 3 N–H and O–H groups in total. The van der Waals surface area contributed by atoms with Crippen LogP contribution in [0.2, 0.25) is 5.02 Å². The molecule has 1 heterocycles. The summed E-state index contributed by atoms with van der Waals surface area (Å²) in [6, 6.07) is 10.2. The Morgan fingerprint density at radius 1 is 1.38 bits per heavy atom. The molecule has 0 aliphatic carbocycles. The number of hydrogen-bond acceptors (Lipinski definition) is 6. The zero-order valence-corrected chi connectivity index (χ0v) is 16.0. The van der Waals surface area contributed by atoms with E-state index in [2.05, 4.69) is 26.2 Å². The molecule has 0 fully saturated rings. The van der Waals surface area contributed by atoms with E-state index in [4.69, 9.17) is 16.3 Å². The first-order valence-electron chi connectivity index (χ1n) is 8.52. The fourth-order valence-corrected chi connectivity index (χ4v) is 2.72. The number of halogens is 2. The number of hydrogen-bond donors (Lipinski definition) is 3. The average molecular weight is 418 g/mol. The van der Waals surface area contributed by atoms with Gasteiger partial charge in [0.05, 0.1) is 24.8 Å². The highest BCUT2D eigenvalue weighted by Crippen LogP contribution is 2.20. The van der Waals surface area contributed by atoms with Crippen LogP contribution in [0.1, 0.15) is 12.0 Å². The largest absolute Gasteiger partial charge is 0.496 e. The van der Waals surface area contributed by atoms with Gasteiger partial charge in [-0.2, -0.15) is 5.10 Å². The summed E-state index contributed by atoms with van der Waals surface area (Å²) < 4.78 is 18.4. The Hall–Kier alpha value is -3.46. The van der Waals surface area contributed by atoms with Crippen LogP contribution in [-0.4, -0.2) is 37.1 Å². The van der Waals surface area contributed by atoms with Gasteiger partial charge >= 0.3 is 0 Å². The molecule has 2 amide bonds. The van der Waals surface area contributed by atoms with Crippen LogP contribution in [0.25, 0.3) is 0 Å². The highest BCUT2D eigenvalue weighted by atomic mass is 35.5. The van der Waals surface area contributed by atoms with Gasteiger partial charge in [0.15, 0.2) is 0 Å². The minimum Gasteiger partial charge on any atom is -0.496 e. The number of carbonyl (C=O) groups is 2. The summed E-state index contributed by atoms with van der Waals surface area (Å²) in [7, 11) is 1.55. The van der Waals surface area contributed by atoms with Crippen LogP contribution in [0.15, 0.2) is 52.6 Å². The number of para-hydroxylation sites is 1. The number of amides is 2. The maximum atomic E-state index is 13.2. The van der Waals surface area contributed by atoms with E-state index in [-0.39, 0.29) is 17.4 Å². The van der Waals surface area contributed by atoms with Crippen molar-refractivity contribution in [3.05, 3.63) is 58.9 Å². The molecule has 0 spiro atoms. The number of rotatable bonds is 6. The molecule has 1 atom stereocenters. The van der Waals surface area contributed by atoms with Gasteiger partial charge in [0.25, 0.3) is 5.91 Å². The number of methoxy groups -OCH3 is 1. The summed E-state index contributed by atoms with van der Waals surface area (Å²) in [6.07, 6.45) is 1.33. The van der Waals surface area contributed by atoms with E-state index in [1.807, 2.05) is 18.2 Å². The van der Waals surface area contributed by atoms with Gasteiger partial charge in [-0.25, -0.2) is 14.8 Å².